The second kappa shape index (κ2) is 49.1. The third-order valence-electron chi connectivity index (χ3n) is 0.167. The van der Waals surface area contributed by atoms with Gasteiger partial charge in [0.05, 0.1) is 14.2 Å². The highest BCUT2D eigenvalue weighted by Crippen LogP contribution is 1.52. The predicted octanol–water partition coefficient (Wildman–Crippen LogP) is 1.67. The molecule has 0 saturated heterocycles. The van der Waals surface area contributed by atoms with Gasteiger partial charge >= 0.3 is 0 Å². The number of carbonyl (C=O) groups excluding carboxylic acids is 1. The number of carbonyl (C=O) groups is 1. The van der Waals surface area contributed by atoms with Crippen LogP contribution in [-0.4, -0.2) is 20.5 Å². The summed E-state index contributed by atoms with van der Waals surface area (Å²) in [4.78, 5) is 16.9. The molecule has 0 aromatic heterocycles. The molecule has 60 valence electrons. The van der Waals surface area contributed by atoms with E-state index in [1.54, 1.807) is 0 Å². The molecule has 0 radical (unpaired) electrons. The van der Waals surface area contributed by atoms with Crippen molar-refractivity contribution in [1.82, 2.24) is 0 Å². The van der Waals surface area contributed by atoms with Gasteiger partial charge in [0.2, 0.25) is 0 Å². The molecular weight excluding hydrogens is 120 g/mol. The van der Waals surface area contributed by atoms with Crippen molar-refractivity contribution in [2.75, 3.05) is 14.2 Å². The van der Waals surface area contributed by atoms with Crippen molar-refractivity contribution in [3.05, 3.63) is 0 Å². The summed E-state index contributed by atoms with van der Waals surface area (Å²) in [6, 6.07) is 0. The van der Waals surface area contributed by atoms with Crippen LogP contribution in [0.25, 0.3) is 0 Å². The fraction of sp³-hybridized carbons (Fsp3) is 0.833. The molecule has 0 aromatic rings. The molecule has 0 atom stereocenters. The van der Waals surface area contributed by atoms with Crippen LogP contribution >= 0.6 is 0 Å². The van der Waals surface area contributed by atoms with E-state index in [2.05, 4.69) is 9.78 Å². The predicted molar refractivity (Wildman–Crippen MR) is 39.2 cm³/mol. The van der Waals surface area contributed by atoms with Gasteiger partial charge in [-0.15, -0.1) is 0 Å². The number of hydrogen-bond donors (Lipinski definition) is 0. The molecule has 0 spiro atoms. The fourth-order valence-electron chi connectivity index (χ4n) is 0. The minimum absolute atomic E-state index is 0. The van der Waals surface area contributed by atoms with E-state index in [4.69, 9.17) is 4.79 Å². The Morgan fingerprint density at radius 1 is 1.11 bits per heavy atom. The average Bonchev–Trinajstić information content (AvgIpc) is 1.69. The highest BCUT2D eigenvalue weighted by atomic mass is 17.2. The molecule has 0 fully saturated rings. The summed E-state index contributed by atoms with van der Waals surface area (Å²) in [6.07, 6.45) is 0.750. The van der Waals surface area contributed by atoms with Crippen molar-refractivity contribution in [3.63, 3.8) is 0 Å². The van der Waals surface area contributed by atoms with Gasteiger partial charge in [-0.3, -0.25) is 0 Å². The minimum Gasteiger partial charge on any atom is -0.304 e. The Balaban J connectivity index is -0.0000000233. The molecule has 0 aromatic carbocycles. The quantitative estimate of drug-likeness (QED) is 0.314. The average molecular weight is 138 g/mol. The zero-order chi connectivity index (χ0) is 6.12. The molecule has 0 N–H and O–H groups in total. The Bertz CT molecular complexity index is 27.5. The van der Waals surface area contributed by atoms with Crippen LogP contribution < -0.4 is 0 Å². The molecule has 0 bridgehead atoms. The lowest BCUT2D eigenvalue weighted by molar-refractivity contribution is -0.248. The van der Waals surface area contributed by atoms with E-state index in [0.29, 0.717) is 0 Å². The van der Waals surface area contributed by atoms with Gasteiger partial charge in [-0.05, 0) is 6.92 Å². The first-order chi connectivity index (χ1) is 3.33. The molecule has 0 aliphatic carbocycles. The van der Waals surface area contributed by atoms with E-state index in [-0.39, 0.29) is 14.9 Å². The number of hydrogen-bond acceptors (Lipinski definition) is 3. The molecule has 0 aliphatic heterocycles. The van der Waals surface area contributed by atoms with Crippen molar-refractivity contribution < 1.29 is 14.6 Å². The molecule has 9 heavy (non-hydrogen) atoms. The van der Waals surface area contributed by atoms with E-state index in [9.17, 15) is 0 Å². The van der Waals surface area contributed by atoms with Crippen molar-refractivity contribution in [1.29, 1.82) is 0 Å². The summed E-state index contributed by atoms with van der Waals surface area (Å²) < 4.78 is 0. The normalized spacial score (nSPS) is 4.78. The third-order valence-corrected chi connectivity index (χ3v) is 0.167. The minimum atomic E-state index is 0. The summed E-state index contributed by atoms with van der Waals surface area (Å²) in [5, 5.41) is 0. The maximum atomic E-state index is 8.81. The van der Waals surface area contributed by atoms with Gasteiger partial charge in [0.15, 0.2) is 0 Å². The standard InChI is InChI=1S/C2H6O2.C2H4O.2CH4/c1-3-4-2;1-2-3;;/h1-2H3;2H,1H3;2*1H4. The van der Waals surface area contributed by atoms with E-state index >= 15 is 0 Å². The van der Waals surface area contributed by atoms with Crippen LogP contribution in [0.5, 0.6) is 0 Å². The Kier molecular flexibility index (Phi) is 128. The summed E-state index contributed by atoms with van der Waals surface area (Å²) in [5.41, 5.74) is 0. The van der Waals surface area contributed by atoms with E-state index in [1.165, 1.54) is 21.1 Å². The monoisotopic (exact) mass is 138 g/mol. The van der Waals surface area contributed by atoms with E-state index in [1.807, 2.05) is 0 Å². The van der Waals surface area contributed by atoms with Crippen LogP contribution in [0, 0.1) is 0 Å². The van der Waals surface area contributed by atoms with Crippen LogP contribution in [-0.2, 0) is 14.6 Å². The fourth-order valence-corrected chi connectivity index (χ4v) is 0. The first-order valence-corrected chi connectivity index (χ1v) is 1.80. The molecule has 3 nitrogen and oxygen atoms in total. The number of aldehydes is 1. The Labute approximate surface area is 57.9 Å². The van der Waals surface area contributed by atoms with Gasteiger partial charge in [-0.2, -0.15) is 0 Å². The molecule has 0 aliphatic rings. The van der Waals surface area contributed by atoms with Crippen LogP contribution in [0.1, 0.15) is 21.8 Å². The van der Waals surface area contributed by atoms with Crippen LogP contribution in [0.2, 0.25) is 0 Å². The lowest BCUT2D eigenvalue weighted by Gasteiger charge is -1.78. The maximum absolute atomic E-state index is 8.81. The first-order valence-electron chi connectivity index (χ1n) is 1.80. The van der Waals surface area contributed by atoms with Crippen molar-refractivity contribution in [2.24, 2.45) is 0 Å². The van der Waals surface area contributed by atoms with Gasteiger partial charge in [0, 0.05) is 0 Å². The Morgan fingerprint density at radius 2 is 1.22 bits per heavy atom. The highest BCUT2D eigenvalue weighted by Gasteiger charge is 1.47. The second-order valence-corrected chi connectivity index (χ2v) is 0.569. The lowest BCUT2D eigenvalue weighted by Crippen LogP contribution is -1.72. The van der Waals surface area contributed by atoms with E-state index in [0.717, 1.165) is 6.29 Å². The zero-order valence-electron chi connectivity index (χ0n) is 4.80. The summed E-state index contributed by atoms with van der Waals surface area (Å²) in [7, 11) is 2.92. The Morgan fingerprint density at radius 3 is 1.22 bits per heavy atom. The maximum Gasteiger partial charge on any atom is 0.116 e. The number of rotatable bonds is 1. The largest absolute Gasteiger partial charge is 0.304 e. The smallest absolute Gasteiger partial charge is 0.116 e. The van der Waals surface area contributed by atoms with Crippen molar-refractivity contribution >= 4 is 6.29 Å². The third kappa shape index (κ3) is 681. The molecule has 0 amide bonds. The highest BCUT2D eigenvalue weighted by molar-refractivity contribution is 5.44. The SMILES string of the molecule is C.C.CC=O.COOC. The second-order valence-electron chi connectivity index (χ2n) is 0.569. The molecule has 0 rings (SSSR count). The molecule has 0 saturated carbocycles. The topological polar surface area (TPSA) is 35.5 Å². The summed E-state index contributed by atoms with van der Waals surface area (Å²) in [5.74, 6) is 0. The van der Waals surface area contributed by atoms with Gasteiger partial charge in [0.1, 0.15) is 6.29 Å². The van der Waals surface area contributed by atoms with Crippen LogP contribution in [0.4, 0.5) is 0 Å². The van der Waals surface area contributed by atoms with E-state index < -0.39 is 0 Å². The van der Waals surface area contributed by atoms with Crippen LogP contribution in [0.3, 0.4) is 0 Å². The van der Waals surface area contributed by atoms with Gasteiger partial charge in [-0.1, -0.05) is 14.9 Å². The first kappa shape index (κ1) is 23.5. The lowest BCUT2D eigenvalue weighted by atomic mass is 11.0. The molecular formula is C6H18O3. The van der Waals surface area contributed by atoms with Crippen LogP contribution in [0.15, 0.2) is 0 Å². The molecule has 0 heterocycles. The van der Waals surface area contributed by atoms with Gasteiger partial charge < -0.3 is 4.79 Å². The van der Waals surface area contributed by atoms with Gasteiger partial charge in [0.25, 0.3) is 0 Å². The summed E-state index contributed by atoms with van der Waals surface area (Å²) in [6.45, 7) is 1.44. The van der Waals surface area contributed by atoms with Gasteiger partial charge in [-0.25, -0.2) is 9.78 Å². The molecule has 3 heteroatoms. The van der Waals surface area contributed by atoms with Crippen molar-refractivity contribution in [3.8, 4) is 0 Å². The van der Waals surface area contributed by atoms with Crippen molar-refractivity contribution in [2.45, 2.75) is 21.8 Å². The zero-order valence-corrected chi connectivity index (χ0v) is 4.80. The Hall–Kier alpha value is -0.410. The molecule has 0 unspecified atom stereocenters. The summed E-state index contributed by atoms with van der Waals surface area (Å²) >= 11 is 0.